The molecule has 0 atom stereocenters. The molecule has 1 saturated heterocycles. The Morgan fingerprint density at radius 2 is 1.50 bits per heavy atom. The van der Waals surface area contributed by atoms with E-state index in [-0.39, 0.29) is 9.46 Å². The van der Waals surface area contributed by atoms with Gasteiger partial charge in [0.15, 0.2) is 0 Å². The summed E-state index contributed by atoms with van der Waals surface area (Å²) in [4.78, 5) is 5.53. The third-order valence-electron chi connectivity index (χ3n) is 5.22. The summed E-state index contributed by atoms with van der Waals surface area (Å²) in [6.07, 6.45) is -7.89. The van der Waals surface area contributed by atoms with Crippen LogP contribution < -0.4 is 13.3 Å². The lowest BCUT2D eigenvalue weighted by molar-refractivity contribution is -0.138. The first-order valence-electron chi connectivity index (χ1n) is 10.2. The van der Waals surface area contributed by atoms with Gasteiger partial charge in [0.25, 0.3) is 0 Å². The van der Waals surface area contributed by atoms with Gasteiger partial charge < -0.3 is 9.64 Å². The molecule has 0 radical (unpaired) electrons. The van der Waals surface area contributed by atoms with Crippen molar-refractivity contribution in [2.75, 3.05) is 34.2 Å². The summed E-state index contributed by atoms with van der Waals surface area (Å²) in [5.74, 6) is 0.0611. The van der Waals surface area contributed by atoms with Crippen LogP contribution in [-0.4, -0.2) is 53.5 Å². The van der Waals surface area contributed by atoms with Gasteiger partial charge in [-0.05, 0) is 30.3 Å². The summed E-state index contributed by atoms with van der Waals surface area (Å²) in [6, 6.07) is 4.41. The number of ether oxygens (including phenoxy) is 1. The van der Waals surface area contributed by atoms with Gasteiger partial charge in [0.2, 0.25) is 20.0 Å². The van der Waals surface area contributed by atoms with Gasteiger partial charge in [0, 0.05) is 32.1 Å². The van der Waals surface area contributed by atoms with Crippen molar-refractivity contribution in [1.29, 1.82) is 0 Å². The zero-order chi connectivity index (χ0) is 27.1. The summed E-state index contributed by atoms with van der Waals surface area (Å²) < 4.78 is 132. The molecule has 0 N–H and O–H groups in total. The number of nitrogens with zero attached hydrogens (tertiary/aromatic N) is 3. The quantitative estimate of drug-likeness (QED) is 0.494. The summed E-state index contributed by atoms with van der Waals surface area (Å²) in [7, 11) is -9.22. The summed E-state index contributed by atoms with van der Waals surface area (Å²) in [6.45, 7) is 0.617. The number of alkyl halides is 6. The highest BCUT2D eigenvalue weighted by atomic mass is 32.3. The Balaban J connectivity index is 1.77. The zero-order valence-electron chi connectivity index (χ0n) is 18.8. The molecule has 1 aromatic heterocycles. The molecule has 1 aliphatic heterocycles. The smallest absolute Gasteiger partial charge is 0.418 e. The number of benzene rings is 1. The van der Waals surface area contributed by atoms with Gasteiger partial charge in [-0.15, -0.1) is 0 Å². The molecule has 8 nitrogen and oxygen atoms in total. The Hall–Kier alpha value is -2.75. The van der Waals surface area contributed by atoms with E-state index < -0.39 is 55.3 Å². The minimum absolute atomic E-state index is 0.251. The molecule has 2 heterocycles. The fourth-order valence-corrected chi connectivity index (χ4v) is 6.71. The number of hydrogen-bond acceptors (Lipinski definition) is 7. The van der Waals surface area contributed by atoms with Crippen molar-refractivity contribution in [1.82, 2.24) is 4.98 Å². The van der Waals surface area contributed by atoms with E-state index in [0.29, 0.717) is 62.6 Å². The van der Waals surface area contributed by atoms with E-state index in [0.717, 1.165) is 12.1 Å². The lowest BCUT2D eigenvalue weighted by atomic mass is 10.1. The normalized spacial score (nSPS) is 16.2. The van der Waals surface area contributed by atoms with E-state index in [1.54, 1.807) is 4.90 Å². The van der Waals surface area contributed by atoms with Crippen LogP contribution in [0.1, 0.15) is 24.0 Å². The van der Waals surface area contributed by atoms with Crippen molar-refractivity contribution in [3.63, 3.8) is 0 Å². The van der Waals surface area contributed by atoms with Crippen LogP contribution in [0.15, 0.2) is 36.5 Å². The molecular formula is C20H21F6N3O5S2. The molecular weight excluding hydrogens is 540 g/mol. The van der Waals surface area contributed by atoms with Crippen molar-refractivity contribution < 1.29 is 47.9 Å². The van der Waals surface area contributed by atoms with Gasteiger partial charge in [0.1, 0.15) is 17.7 Å². The summed E-state index contributed by atoms with van der Waals surface area (Å²) in [5, 5.41) is 0. The van der Waals surface area contributed by atoms with Crippen molar-refractivity contribution in [3.8, 4) is 5.75 Å². The Morgan fingerprint density at radius 3 is 1.94 bits per heavy atom. The van der Waals surface area contributed by atoms with E-state index in [1.165, 1.54) is 6.07 Å². The Labute approximate surface area is 203 Å². The van der Waals surface area contributed by atoms with E-state index in [2.05, 4.69) is 4.98 Å². The third-order valence-corrected chi connectivity index (χ3v) is 8.44. The van der Waals surface area contributed by atoms with E-state index >= 15 is 0 Å². The van der Waals surface area contributed by atoms with Gasteiger partial charge in [-0.1, -0.05) is 0 Å². The maximum atomic E-state index is 13.7. The highest BCUT2D eigenvalue weighted by Gasteiger charge is 2.40. The first-order chi connectivity index (χ1) is 16.4. The molecule has 36 heavy (non-hydrogen) atoms. The number of halogens is 6. The molecule has 3 rings (SSSR count). The second kappa shape index (κ2) is 9.61. The number of sulfonamides is 2. The molecule has 1 aliphatic rings. The van der Waals surface area contributed by atoms with Crippen LogP contribution in [-0.2, 0) is 32.4 Å². The van der Waals surface area contributed by atoms with E-state index in [4.69, 9.17) is 4.74 Å². The second-order valence-corrected chi connectivity index (χ2v) is 12.0. The summed E-state index contributed by atoms with van der Waals surface area (Å²) in [5.41, 5.74) is -3.48. The van der Waals surface area contributed by atoms with Gasteiger partial charge in [0.05, 0.1) is 29.3 Å². The zero-order valence-corrected chi connectivity index (χ0v) is 20.5. The fraction of sp³-hybridized carbons (Fsp3) is 0.450. The van der Waals surface area contributed by atoms with Crippen LogP contribution in [0.2, 0.25) is 0 Å². The Kier molecular flexibility index (Phi) is 7.43. The van der Waals surface area contributed by atoms with Crippen LogP contribution in [0.5, 0.6) is 5.75 Å². The maximum absolute atomic E-state index is 13.7. The first kappa shape index (κ1) is 27.8. The number of piperidine rings is 1. The average molecular weight is 562 g/mol. The largest absolute Gasteiger partial charge is 0.490 e. The highest BCUT2D eigenvalue weighted by molar-refractivity contribution is 8.09. The lowest BCUT2D eigenvalue weighted by Gasteiger charge is -2.33. The molecule has 0 amide bonds. The van der Waals surface area contributed by atoms with Crippen molar-refractivity contribution >= 4 is 31.6 Å². The van der Waals surface area contributed by atoms with Crippen LogP contribution in [0.25, 0.3) is 0 Å². The maximum Gasteiger partial charge on any atom is 0.418 e. The molecule has 0 unspecified atom stereocenters. The number of aromatic nitrogens is 1. The van der Waals surface area contributed by atoms with Crippen molar-refractivity contribution in [2.24, 2.45) is 0 Å². The fourth-order valence-electron chi connectivity index (χ4n) is 3.71. The predicted molar refractivity (Wildman–Crippen MR) is 119 cm³/mol. The number of rotatable bonds is 6. The number of pyridine rings is 1. The molecule has 16 heteroatoms. The molecule has 1 aromatic carbocycles. The van der Waals surface area contributed by atoms with Crippen LogP contribution in [0.3, 0.4) is 0 Å². The molecule has 0 saturated carbocycles. The second-order valence-electron chi connectivity index (χ2n) is 8.11. The van der Waals surface area contributed by atoms with Gasteiger partial charge in [-0.25, -0.2) is 21.8 Å². The van der Waals surface area contributed by atoms with Crippen molar-refractivity contribution in [3.05, 3.63) is 47.7 Å². The topological polar surface area (TPSA) is 96.9 Å². The van der Waals surface area contributed by atoms with Gasteiger partial charge in [-0.3, -0.25) is 0 Å². The molecule has 0 spiro atoms. The van der Waals surface area contributed by atoms with E-state index in [1.807, 2.05) is 0 Å². The lowest BCUT2D eigenvalue weighted by Crippen LogP contribution is -2.39. The van der Waals surface area contributed by atoms with Crippen LogP contribution >= 0.6 is 0 Å². The minimum Gasteiger partial charge on any atom is -0.490 e. The monoisotopic (exact) mass is 561 g/mol. The molecule has 0 aliphatic carbocycles. The van der Waals surface area contributed by atoms with Crippen LogP contribution in [0, 0.1) is 0 Å². The molecule has 2 aromatic rings. The highest BCUT2D eigenvalue weighted by Crippen LogP contribution is 2.41. The Morgan fingerprint density at radius 1 is 0.917 bits per heavy atom. The number of anilines is 2. The van der Waals surface area contributed by atoms with Gasteiger partial charge in [-0.2, -0.15) is 30.1 Å². The molecule has 200 valence electrons. The predicted octanol–water partition coefficient (Wildman–Crippen LogP) is 3.89. The summed E-state index contributed by atoms with van der Waals surface area (Å²) >= 11 is 0. The SMILES string of the molecule is CS(=O)(=O)N(c1ccc(OC2CCN(c3ccc(C(F)(F)F)cn3)CC2)cc1C(F)(F)F)S(C)(=O)=O. The standard InChI is InChI=1S/C20H21F6N3O5S2/c1-35(30,31)29(36(2,32)33)17-5-4-15(11-16(17)20(24,25)26)34-14-7-9-28(10-8-14)18-6-3-13(12-27-18)19(21,22)23/h3-6,11-12,14H,7-10H2,1-2H3. The number of hydrogen-bond donors (Lipinski definition) is 0. The molecule has 0 bridgehead atoms. The third kappa shape index (κ3) is 6.52. The Bertz CT molecular complexity index is 1270. The minimum atomic E-state index is -5.10. The van der Waals surface area contributed by atoms with E-state index in [9.17, 15) is 43.2 Å². The average Bonchev–Trinajstić information content (AvgIpc) is 2.72. The molecule has 1 fully saturated rings. The van der Waals surface area contributed by atoms with Gasteiger partial charge >= 0.3 is 12.4 Å². The van der Waals surface area contributed by atoms with Crippen LogP contribution in [0.4, 0.5) is 37.8 Å². The first-order valence-corrected chi connectivity index (χ1v) is 13.9. The van der Waals surface area contributed by atoms with Crippen molar-refractivity contribution in [2.45, 2.75) is 31.3 Å².